The molecule has 1 saturated heterocycles. The third-order valence-corrected chi connectivity index (χ3v) is 5.46. The van der Waals surface area contributed by atoms with Crippen LogP contribution in [0.4, 0.5) is 5.69 Å². The van der Waals surface area contributed by atoms with Crippen molar-refractivity contribution in [2.45, 2.75) is 13.0 Å². The van der Waals surface area contributed by atoms with E-state index in [0.29, 0.717) is 0 Å². The highest BCUT2D eigenvalue weighted by Gasteiger charge is 2.19. The van der Waals surface area contributed by atoms with Gasteiger partial charge in [0.1, 0.15) is 5.75 Å². The number of hydrogen-bond donors (Lipinski definition) is 0. The first-order valence-corrected chi connectivity index (χ1v) is 10.0. The van der Waals surface area contributed by atoms with Crippen molar-refractivity contribution >= 4 is 17.3 Å². The van der Waals surface area contributed by atoms with E-state index in [1.54, 1.807) is 7.11 Å². The lowest BCUT2D eigenvalue weighted by Gasteiger charge is -2.25. The molecule has 2 heterocycles. The summed E-state index contributed by atoms with van der Waals surface area (Å²) >= 11 is 6.48. The number of ether oxygens (including phenoxy) is 1. The zero-order valence-electron chi connectivity index (χ0n) is 16.1. The molecule has 1 fully saturated rings. The minimum Gasteiger partial charge on any atom is -0.495 e. The summed E-state index contributed by atoms with van der Waals surface area (Å²) < 4.78 is 7.39. The van der Waals surface area contributed by atoms with E-state index in [-0.39, 0.29) is 0 Å². The summed E-state index contributed by atoms with van der Waals surface area (Å²) in [6, 6.07) is 18.3. The molecule has 28 heavy (non-hydrogen) atoms. The molecular weight excluding hydrogens is 372 g/mol. The summed E-state index contributed by atoms with van der Waals surface area (Å²) in [4.78, 5) is 4.84. The molecule has 0 amide bonds. The van der Waals surface area contributed by atoms with Gasteiger partial charge in [0, 0.05) is 38.9 Å². The first-order valence-electron chi connectivity index (χ1n) is 9.64. The number of nitrogens with zero attached hydrogens (tertiary/aromatic N) is 4. The molecule has 0 N–H and O–H groups in total. The van der Waals surface area contributed by atoms with Crippen LogP contribution in [0.15, 0.2) is 60.8 Å². The Bertz CT molecular complexity index is 912. The highest BCUT2D eigenvalue weighted by atomic mass is 35.5. The first kappa shape index (κ1) is 18.8. The fourth-order valence-electron chi connectivity index (χ4n) is 3.68. The molecule has 0 aliphatic carbocycles. The monoisotopic (exact) mass is 396 g/mol. The van der Waals surface area contributed by atoms with Gasteiger partial charge in [-0.2, -0.15) is 5.10 Å². The van der Waals surface area contributed by atoms with E-state index in [2.05, 4.69) is 21.9 Å². The molecule has 146 valence electrons. The topological polar surface area (TPSA) is 33.5 Å². The molecule has 4 rings (SSSR count). The van der Waals surface area contributed by atoms with Gasteiger partial charge in [0.05, 0.1) is 29.2 Å². The molecule has 1 aromatic heterocycles. The minimum atomic E-state index is 0.717. The van der Waals surface area contributed by atoms with Crippen molar-refractivity contribution in [3.63, 3.8) is 0 Å². The minimum absolute atomic E-state index is 0.717. The molecule has 1 aliphatic heterocycles. The zero-order valence-corrected chi connectivity index (χ0v) is 16.8. The Morgan fingerprint density at radius 2 is 1.75 bits per heavy atom. The van der Waals surface area contributed by atoms with Crippen LogP contribution in [0.5, 0.6) is 5.75 Å². The highest BCUT2D eigenvalue weighted by Crippen LogP contribution is 2.28. The van der Waals surface area contributed by atoms with Crippen LogP contribution in [0.3, 0.4) is 0 Å². The number of rotatable bonds is 5. The van der Waals surface area contributed by atoms with Gasteiger partial charge in [-0.15, -0.1) is 0 Å². The second kappa shape index (κ2) is 8.67. The quantitative estimate of drug-likeness (QED) is 0.645. The third kappa shape index (κ3) is 4.16. The maximum atomic E-state index is 6.48. The second-order valence-corrected chi connectivity index (χ2v) is 7.40. The van der Waals surface area contributed by atoms with Crippen LogP contribution in [0, 0.1) is 0 Å². The number of anilines is 1. The Hall–Kier alpha value is -2.50. The van der Waals surface area contributed by atoms with Gasteiger partial charge in [0.15, 0.2) is 0 Å². The maximum Gasteiger partial charge on any atom is 0.142 e. The van der Waals surface area contributed by atoms with Gasteiger partial charge < -0.3 is 9.64 Å². The summed E-state index contributed by atoms with van der Waals surface area (Å²) in [7, 11) is 1.73. The molecule has 1 aliphatic rings. The third-order valence-electron chi connectivity index (χ3n) is 5.15. The van der Waals surface area contributed by atoms with Crippen molar-refractivity contribution in [2.75, 3.05) is 38.2 Å². The molecule has 0 unspecified atom stereocenters. The van der Waals surface area contributed by atoms with Crippen LogP contribution < -0.4 is 9.64 Å². The molecule has 0 radical (unpaired) electrons. The van der Waals surface area contributed by atoms with Crippen LogP contribution in [0.2, 0.25) is 5.02 Å². The van der Waals surface area contributed by atoms with E-state index >= 15 is 0 Å². The maximum absolute atomic E-state index is 6.48. The molecule has 6 heteroatoms. The average molecular weight is 397 g/mol. The Kier molecular flexibility index (Phi) is 5.84. The molecule has 3 aromatic rings. The van der Waals surface area contributed by atoms with Gasteiger partial charge >= 0.3 is 0 Å². The number of para-hydroxylation sites is 3. The summed E-state index contributed by atoms with van der Waals surface area (Å²) in [5.41, 5.74) is 3.11. The Morgan fingerprint density at radius 1 is 0.964 bits per heavy atom. The van der Waals surface area contributed by atoms with Crippen LogP contribution in [-0.4, -0.2) is 48.0 Å². The summed E-state index contributed by atoms with van der Waals surface area (Å²) in [6.45, 7) is 4.73. The molecule has 0 spiro atoms. The Balaban J connectivity index is 1.44. The molecule has 0 saturated carbocycles. The van der Waals surface area contributed by atoms with Gasteiger partial charge in [-0.3, -0.25) is 4.90 Å². The Morgan fingerprint density at radius 3 is 2.57 bits per heavy atom. The van der Waals surface area contributed by atoms with Crippen molar-refractivity contribution in [1.82, 2.24) is 14.7 Å². The largest absolute Gasteiger partial charge is 0.495 e. The number of aromatic nitrogens is 2. The average Bonchev–Trinajstić information content (AvgIpc) is 2.95. The fraction of sp³-hybridized carbons (Fsp3) is 0.318. The van der Waals surface area contributed by atoms with Crippen molar-refractivity contribution in [1.29, 1.82) is 0 Å². The van der Waals surface area contributed by atoms with Crippen LogP contribution in [-0.2, 0) is 6.54 Å². The first-order chi connectivity index (χ1) is 13.7. The van der Waals surface area contributed by atoms with Crippen molar-refractivity contribution in [3.8, 4) is 11.4 Å². The SMILES string of the molecule is COc1ccccc1N1CCCN(Cc2nn(-c3ccccc3)cc2Cl)CC1. The van der Waals surface area contributed by atoms with E-state index in [0.717, 1.165) is 61.3 Å². The zero-order chi connectivity index (χ0) is 19.3. The second-order valence-electron chi connectivity index (χ2n) is 6.99. The Labute approximate surface area is 171 Å². The number of benzene rings is 2. The van der Waals surface area contributed by atoms with E-state index in [1.807, 2.05) is 53.3 Å². The molecule has 0 bridgehead atoms. The lowest BCUT2D eigenvalue weighted by molar-refractivity contribution is 0.281. The van der Waals surface area contributed by atoms with E-state index in [4.69, 9.17) is 21.4 Å². The van der Waals surface area contributed by atoms with Gasteiger partial charge in [-0.1, -0.05) is 41.9 Å². The van der Waals surface area contributed by atoms with Crippen molar-refractivity contribution in [2.24, 2.45) is 0 Å². The summed E-state index contributed by atoms with van der Waals surface area (Å²) in [5.74, 6) is 0.931. The molecule has 0 atom stereocenters. The highest BCUT2D eigenvalue weighted by molar-refractivity contribution is 6.31. The van der Waals surface area contributed by atoms with Crippen molar-refractivity contribution in [3.05, 3.63) is 71.5 Å². The predicted octanol–water partition coefficient (Wildman–Crippen LogP) is 4.25. The van der Waals surface area contributed by atoms with Gasteiger partial charge in [-0.25, -0.2) is 4.68 Å². The smallest absolute Gasteiger partial charge is 0.142 e. The van der Waals surface area contributed by atoms with Crippen LogP contribution >= 0.6 is 11.6 Å². The van der Waals surface area contributed by atoms with Crippen LogP contribution in [0.1, 0.15) is 12.1 Å². The molecular formula is C22H25ClN4O. The lowest BCUT2D eigenvalue weighted by Crippen LogP contribution is -2.30. The normalized spacial score (nSPS) is 15.4. The van der Waals surface area contributed by atoms with Gasteiger partial charge in [-0.05, 0) is 30.7 Å². The summed E-state index contributed by atoms with van der Waals surface area (Å²) in [5, 5.41) is 5.44. The number of methoxy groups -OCH3 is 1. The van der Waals surface area contributed by atoms with Crippen LogP contribution in [0.25, 0.3) is 5.69 Å². The van der Waals surface area contributed by atoms with Gasteiger partial charge in [0.2, 0.25) is 0 Å². The van der Waals surface area contributed by atoms with E-state index < -0.39 is 0 Å². The van der Waals surface area contributed by atoms with Crippen molar-refractivity contribution < 1.29 is 4.74 Å². The number of hydrogen-bond acceptors (Lipinski definition) is 4. The predicted molar refractivity (Wildman–Crippen MR) is 114 cm³/mol. The standard InChI is InChI=1S/C22H25ClN4O/c1-28-22-11-6-5-10-21(22)26-13-7-12-25(14-15-26)17-20-19(23)16-27(24-20)18-8-3-2-4-9-18/h2-6,8-11,16H,7,12-15,17H2,1H3. The number of halogens is 1. The van der Waals surface area contributed by atoms with E-state index in [1.165, 1.54) is 5.69 Å². The fourth-order valence-corrected chi connectivity index (χ4v) is 3.87. The summed E-state index contributed by atoms with van der Waals surface area (Å²) in [6.07, 6.45) is 2.99. The lowest BCUT2D eigenvalue weighted by atomic mass is 10.2. The van der Waals surface area contributed by atoms with E-state index in [9.17, 15) is 0 Å². The van der Waals surface area contributed by atoms with Gasteiger partial charge in [0.25, 0.3) is 0 Å². The molecule has 2 aromatic carbocycles. The molecule has 5 nitrogen and oxygen atoms in total.